The van der Waals surface area contributed by atoms with E-state index in [9.17, 15) is 13.6 Å². The number of alkyl halides is 2. The number of halogens is 2. The first-order valence-corrected chi connectivity index (χ1v) is 6.30. The Hall–Kier alpha value is -0.750. The van der Waals surface area contributed by atoms with Gasteiger partial charge in [0.2, 0.25) is 5.91 Å². The van der Waals surface area contributed by atoms with Gasteiger partial charge in [-0.3, -0.25) is 4.79 Å². The van der Waals surface area contributed by atoms with Gasteiger partial charge in [-0.1, -0.05) is 13.8 Å². The summed E-state index contributed by atoms with van der Waals surface area (Å²) in [7, 11) is 0. The second-order valence-electron chi connectivity index (χ2n) is 5.24. The Bertz CT molecular complexity index is 273. The van der Waals surface area contributed by atoms with E-state index >= 15 is 0 Å². The number of ether oxygens (including phenoxy) is 1. The maximum Gasteiger partial charge on any atom is 0.261 e. The average molecular weight is 264 g/mol. The first kappa shape index (κ1) is 15.3. The fraction of sp³-hybridized carbons (Fsp3) is 0.917. The van der Waals surface area contributed by atoms with Crippen LogP contribution in [0.5, 0.6) is 0 Å². The fourth-order valence-corrected chi connectivity index (χ4v) is 2.18. The minimum absolute atomic E-state index is 0.0772. The van der Waals surface area contributed by atoms with E-state index in [0.717, 1.165) is 19.4 Å². The zero-order chi connectivity index (χ0) is 13.6. The molecule has 0 aromatic rings. The van der Waals surface area contributed by atoms with Crippen molar-refractivity contribution in [1.29, 1.82) is 0 Å². The Morgan fingerprint density at radius 2 is 2.28 bits per heavy atom. The van der Waals surface area contributed by atoms with E-state index in [0.29, 0.717) is 0 Å². The molecule has 0 radical (unpaired) electrons. The van der Waals surface area contributed by atoms with Gasteiger partial charge in [0.1, 0.15) is 6.61 Å². The lowest BCUT2D eigenvalue weighted by Gasteiger charge is -2.38. The molecule has 1 aliphatic heterocycles. The molecule has 2 N–H and O–H groups in total. The summed E-state index contributed by atoms with van der Waals surface area (Å²) in [4.78, 5) is 11.9. The van der Waals surface area contributed by atoms with Crippen LogP contribution in [0.4, 0.5) is 8.78 Å². The molecule has 1 aliphatic rings. The molecule has 0 saturated carbocycles. The number of nitrogens with one attached hydrogen (secondary N) is 2. The van der Waals surface area contributed by atoms with Crippen molar-refractivity contribution >= 4 is 5.91 Å². The number of hydrogen-bond acceptors (Lipinski definition) is 3. The summed E-state index contributed by atoms with van der Waals surface area (Å²) in [5.41, 5.74) is -0.0772. The molecule has 1 saturated heterocycles. The molecule has 1 rings (SSSR count). The highest BCUT2D eigenvalue weighted by atomic mass is 19.3. The van der Waals surface area contributed by atoms with E-state index in [1.165, 1.54) is 0 Å². The van der Waals surface area contributed by atoms with Crippen LogP contribution in [0, 0.1) is 5.41 Å². The minimum Gasteiger partial charge on any atom is -0.374 e. The second kappa shape index (κ2) is 6.99. The molecule has 1 atom stereocenters. The number of carbonyl (C=O) groups excluding carboxylic acids is 1. The second-order valence-corrected chi connectivity index (χ2v) is 5.24. The molecule has 4 nitrogen and oxygen atoms in total. The largest absolute Gasteiger partial charge is 0.374 e. The van der Waals surface area contributed by atoms with Gasteiger partial charge in [-0.25, -0.2) is 8.78 Å². The van der Waals surface area contributed by atoms with Crippen LogP contribution in [-0.4, -0.2) is 44.7 Å². The van der Waals surface area contributed by atoms with Gasteiger partial charge in [0, 0.05) is 6.54 Å². The number of carbonyl (C=O) groups is 1. The Morgan fingerprint density at radius 1 is 1.56 bits per heavy atom. The van der Waals surface area contributed by atoms with Crippen LogP contribution in [0.25, 0.3) is 0 Å². The van der Waals surface area contributed by atoms with Gasteiger partial charge in [0.15, 0.2) is 0 Å². The SMILES string of the molecule is CC1(C)CCCNC1C(=O)NCCOCC(F)F. The lowest BCUT2D eigenvalue weighted by molar-refractivity contribution is -0.127. The molecule has 6 heteroatoms. The summed E-state index contributed by atoms with van der Waals surface area (Å²) in [6.45, 7) is 4.74. The Morgan fingerprint density at radius 3 is 2.89 bits per heavy atom. The van der Waals surface area contributed by atoms with Crippen LogP contribution in [0.15, 0.2) is 0 Å². The molecule has 1 unspecified atom stereocenters. The van der Waals surface area contributed by atoms with E-state index in [4.69, 9.17) is 4.74 Å². The summed E-state index contributed by atoms with van der Waals surface area (Å²) in [6, 6.07) is -0.221. The lowest BCUT2D eigenvalue weighted by atomic mass is 9.77. The first-order valence-electron chi connectivity index (χ1n) is 6.30. The summed E-state index contributed by atoms with van der Waals surface area (Å²) in [5, 5.41) is 5.91. The molecule has 0 bridgehead atoms. The predicted molar refractivity (Wildman–Crippen MR) is 64.6 cm³/mol. The van der Waals surface area contributed by atoms with Crippen LogP contribution in [0.3, 0.4) is 0 Å². The third-order valence-electron chi connectivity index (χ3n) is 3.18. The standard InChI is InChI=1S/C12H22F2N2O2/c1-12(2)4-3-5-15-10(12)11(17)16-6-7-18-8-9(13)14/h9-10,15H,3-8H2,1-2H3,(H,16,17). The van der Waals surface area contributed by atoms with Crippen LogP contribution >= 0.6 is 0 Å². The van der Waals surface area contributed by atoms with Crippen LogP contribution < -0.4 is 10.6 Å². The van der Waals surface area contributed by atoms with Crippen molar-refractivity contribution in [3.8, 4) is 0 Å². The molecular weight excluding hydrogens is 242 g/mol. The van der Waals surface area contributed by atoms with E-state index in [1.54, 1.807) is 0 Å². The van der Waals surface area contributed by atoms with Gasteiger partial charge in [0.25, 0.3) is 6.43 Å². The molecule has 1 amide bonds. The molecule has 0 aromatic carbocycles. The zero-order valence-electron chi connectivity index (χ0n) is 11.0. The molecule has 18 heavy (non-hydrogen) atoms. The number of rotatable bonds is 6. The Balaban J connectivity index is 2.23. The fourth-order valence-electron chi connectivity index (χ4n) is 2.18. The maximum atomic E-state index is 11.9. The number of hydrogen-bond donors (Lipinski definition) is 2. The Kier molecular flexibility index (Phi) is 5.95. The molecule has 0 spiro atoms. The molecular formula is C12H22F2N2O2. The van der Waals surface area contributed by atoms with E-state index in [-0.39, 0.29) is 30.5 Å². The minimum atomic E-state index is -2.46. The Labute approximate surface area is 106 Å². The lowest BCUT2D eigenvalue weighted by Crippen LogP contribution is -2.55. The first-order chi connectivity index (χ1) is 8.43. The average Bonchev–Trinajstić information content (AvgIpc) is 2.27. The van der Waals surface area contributed by atoms with Gasteiger partial charge in [-0.2, -0.15) is 0 Å². The molecule has 0 aliphatic carbocycles. The third kappa shape index (κ3) is 4.86. The predicted octanol–water partition coefficient (Wildman–Crippen LogP) is 1.16. The summed E-state index contributed by atoms with van der Waals surface area (Å²) < 4.78 is 28.3. The monoisotopic (exact) mass is 264 g/mol. The maximum absolute atomic E-state index is 11.9. The highest BCUT2D eigenvalue weighted by Gasteiger charge is 2.36. The van der Waals surface area contributed by atoms with Crippen molar-refractivity contribution in [2.45, 2.75) is 39.2 Å². The van der Waals surface area contributed by atoms with E-state index in [1.807, 2.05) is 0 Å². The third-order valence-corrected chi connectivity index (χ3v) is 3.18. The van der Waals surface area contributed by atoms with Crippen molar-refractivity contribution in [2.24, 2.45) is 5.41 Å². The van der Waals surface area contributed by atoms with Crippen molar-refractivity contribution in [3.05, 3.63) is 0 Å². The van der Waals surface area contributed by atoms with Gasteiger partial charge in [-0.15, -0.1) is 0 Å². The van der Waals surface area contributed by atoms with Gasteiger partial charge < -0.3 is 15.4 Å². The number of amides is 1. The molecule has 106 valence electrons. The van der Waals surface area contributed by atoms with E-state index < -0.39 is 13.0 Å². The van der Waals surface area contributed by atoms with Crippen molar-refractivity contribution < 1.29 is 18.3 Å². The van der Waals surface area contributed by atoms with Gasteiger partial charge in [-0.05, 0) is 24.8 Å². The van der Waals surface area contributed by atoms with Crippen LogP contribution in [0.2, 0.25) is 0 Å². The van der Waals surface area contributed by atoms with E-state index in [2.05, 4.69) is 24.5 Å². The highest BCUT2D eigenvalue weighted by Crippen LogP contribution is 2.29. The summed E-state index contributed by atoms with van der Waals surface area (Å²) >= 11 is 0. The van der Waals surface area contributed by atoms with Crippen molar-refractivity contribution in [3.63, 3.8) is 0 Å². The zero-order valence-corrected chi connectivity index (χ0v) is 11.0. The van der Waals surface area contributed by atoms with Crippen LogP contribution in [0.1, 0.15) is 26.7 Å². The summed E-state index contributed by atoms with van der Waals surface area (Å²) in [6.07, 6.45) is -0.395. The quantitative estimate of drug-likeness (QED) is 0.708. The highest BCUT2D eigenvalue weighted by molar-refractivity contribution is 5.82. The van der Waals surface area contributed by atoms with Gasteiger partial charge >= 0.3 is 0 Å². The summed E-state index contributed by atoms with van der Waals surface area (Å²) in [5.74, 6) is -0.0830. The molecule has 1 fully saturated rings. The molecule has 1 heterocycles. The molecule has 0 aromatic heterocycles. The van der Waals surface area contributed by atoms with Crippen molar-refractivity contribution in [1.82, 2.24) is 10.6 Å². The normalized spacial score (nSPS) is 23.1. The topological polar surface area (TPSA) is 50.4 Å². The number of piperidine rings is 1. The smallest absolute Gasteiger partial charge is 0.261 e. The van der Waals surface area contributed by atoms with Gasteiger partial charge in [0.05, 0.1) is 12.6 Å². The van der Waals surface area contributed by atoms with Crippen LogP contribution in [-0.2, 0) is 9.53 Å². The van der Waals surface area contributed by atoms with Crippen molar-refractivity contribution in [2.75, 3.05) is 26.3 Å².